The van der Waals surface area contributed by atoms with Crippen LogP contribution < -0.4 is 10.6 Å². The molecule has 104 valence electrons. The maximum atomic E-state index is 13.5. The summed E-state index contributed by atoms with van der Waals surface area (Å²) in [7, 11) is 0. The SMILES string of the molecule is C[C@H]1CNCC[C@H]1NC(=O)c1c(F)cc(F)cc1F. The summed E-state index contributed by atoms with van der Waals surface area (Å²) >= 11 is 0. The zero-order chi connectivity index (χ0) is 14.0. The Morgan fingerprint density at radius 1 is 1.32 bits per heavy atom. The zero-order valence-electron chi connectivity index (χ0n) is 10.5. The van der Waals surface area contributed by atoms with Gasteiger partial charge in [-0.05, 0) is 25.4 Å². The highest BCUT2D eigenvalue weighted by Crippen LogP contribution is 2.17. The minimum Gasteiger partial charge on any atom is -0.349 e. The average molecular weight is 272 g/mol. The molecule has 19 heavy (non-hydrogen) atoms. The predicted molar refractivity (Wildman–Crippen MR) is 64.2 cm³/mol. The van der Waals surface area contributed by atoms with E-state index in [1.54, 1.807) is 0 Å². The molecule has 2 atom stereocenters. The van der Waals surface area contributed by atoms with Gasteiger partial charge in [0.1, 0.15) is 23.0 Å². The minimum atomic E-state index is -1.18. The normalized spacial score (nSPS) is 23.2. The molecule has 1 aromatic rings. The Hall–Kier alpha value is -1.56. The molecule has 1 amide bonds. The Morgan fingerprint density at radius 2 is 1.95 bits per heavy atom. The molecule has 1 aliphatic rings. The first kappa shape index (κ1) is 13.9. The summed E-state index contributed by atoms with van der Waals surface area (Å²) in [4.78, 5) is 11.9. The first-order valence-electron chi connectivity index (χ1n) is 6.15. The number of halogens is 3. The third-order valence-electron chi connectivity index (χ3n) is 3.34. The van der Waals surface area contributed by atoms with E-state index in [1.807, 2.05) is 6.92 Å². The van der Waals surface area contributed by atoms with E-state index in [0.29, 0.717) is 18.6 Å². The Balaban J connectivity index is 2.16. The highest BCUT2D eigenvalue weighted by atomic mass is 19.1. The highest BCUT2D eigenvalue weighted by Gasteiger charge is 2.26. The monoisotopic (exact) mass is 272 g/mol. The second-order valence-electron chi connectivity index (χ2n) is 4.79. The third-order valence-corrected chi connectivity index (χ3v) is 3.34. The minimum absolute atomic E-state index is 0.141. The lowest BCUT2D eigenvalue weighted by Crippen LogP contribution is -2.48. The summed E-state index contributed by atoms with van der Waals surface area (Å²) in [5.74, 6) is -4.08. The predicted octanol–water partition coefficient (Wildman–Crippen LogP) is 1.83. The number of hydrogen-bond donors (Lipinski definition) is 2. The molecule has 1 saturated heterocycles. The number of hydrogen-bond acceptors (Lipinski definition) is 2. The fraction of sp³-hybridized carbons (Fsp3) is 0.462. The molecule has 0 aromatic heterocycles. The van der Waals surface area contributed by atoms with E-state index in [0.717, 1.165) is 13.1 Å². The summed E-state index contributed by atoms with van der Waals surface area (Å²) in [6.07, 6.45) is 0.692. The third kappa shape index (κ3) is 3.07. The number of carbonyl (C=O) groups excluding carboxylic acids is 1. The molecule has 3 nitrogen and oxygen atoms in total. The Bertz CT molecular complexity index is 470. The fourth-order valence-electron chi connectivity index (χ4n) is 2.23. The van der Waals surface area contributed by atoms with Crippen LogP contribution in [0, 0.1) is 23.4 Å². The number of nitrogens with one attached hydrogen (secondary N) is 2. The van der Waals surface area contributed by atoms with Crippen LogP contribution in [0.1, 0.15) is 23.7 Å². The second kappa shape index (κ2) is 5.61. The van der Waals surface area contributed by atoms with Gasteiger partial charge in [0.05, 0.1) is 0 Å². The van der Waals surface area contributed by atoms with Crippen LogP contribution in [0.15, 0.2) is 12.1 Å². The summed E-state index contributed by atoms with van der Waals surface area (Å²) < 4.78 is 39.7. The van der Waals surface area contributed by atoms with Crippen LogP contribution >= 0.6 is 0 Å². The van der Waals surface area contributed by atoms with Crippen LogP contribution in [0.2, 0.25) is 0 Å². The van der Waals surface area contributed by atoms with Gasteiger partial charge in [0.2, 0.25) is 0 Å². The first-order chi connectivity index (χ1) is 8.99. The van der Waals surface area contributed by atoms with Crippen LogP contribution in [-0.4, -0.2) is 25.0 Å². The van der Waals surface area contributed by atoms with Crippen molar-refractivity contribution in [1.29, 1.82) is 0 Å². The summed E-state index contributed by atoms with van der Waals surface area (Å²) in [5, 5.41) is 5.76. The van der Waals surface area contributed by atoms with E-state index in [9.17, 15) is 18.0 Å². The van der Waals surface area contributed by atoms with Crippen molar-refractivity contribution in [2.75, 3.05) is 13.1 Å². The average Bonchev–Trinajstić information content (AvgIpc) is 2.30. The molecule has 6 heteroatoms. The smallest absolute Gasteiger partial charge is 0.257 e. The molecule has 0 unspecified atom stereocenters. The van der Waals surface area contributed by atoms with E-state index in [-0.39, 0.29) is 12.0 Å². The van der Waals surface area contributed by atoms with Gasteiger partial charge in [0, 0.05) is 18.2 Å². The lowest BCUT2D eigenvalue weighted by atomic mass is 9.95. The van der Waals surface area contributed by atoms with Crippen molar-refractivity contribution >= 4 is 5.91 Å². The molecule has 0 bridgehead atoms. The molecule has 1 aliphatic heterocycles. The van der Waals surface area contributed by atoms with E-state index in [1.165, 1.54) is 0 Å². The van der Waals surface area contributed by atoms with Gasteiger partial charge >= 0.3 is 0 Å². The summed E-state index contributed by atoms with van der Waals surface area (Å²) in [6.45, 7) is 3.41. The van der Waals surface area contributed by atoms with E-state index in [2.05, 4.69) is 10.6 Å². The molecule has 0 aliphatic carbocycles. The summed E-state index contributed by atoms with van der Waals surface area (Å²) in [5.41, 5.74) is -0.730. The van der Waals surface area contributed by atoms with Gasteiger partial charge in [-0.1, -0.05) is 6.92 Å². The van der Waals surface area contributed by atoms with E-state index < -0.39 is 28.9 Å². The Kier molecular flexibility index (Phi) is 4.09. The molecule has 0 saturated carbocycles. The standard InChI is InChI=1S/C13H15F3N2O/c1-7-6-17-3-2-11(7)18-13(19)12-9(15)4-8(14)5-10(12)16/h4-5,7,11,17H,2-3,6H2,1H3,(H,18,19)/t7-,11+/m0/s1. The van der Waals surface area contributed by atoms with Crippen molar-refractivity contribution in [2.45, 2.75) is 19.4 Å². The number of amides is 1. The molecule has 0 spiro atoms. The maximum Gasteiger partial charge on any atom is 0.257 e. The Morgan fingerprint density at radius 3 is 2.53 bits per heavy atom. The highest BCUT2D eigenvalue weighted by molar-refractivity contribution is 5.95. The van der Waals surface area contributed by atoms with Crippen molar-refractivity contribution in [2.24, 2.45) is 5.92 Å². The van der Waals surface area contributed by atoms with Crippen molar-refractivity contribution in [3.63, 3.8) is 0 Å². The second-order valence-corrected chi connectivity index (χ2v) is 4.79. The summed E-state index contributed by atoms with van der Waals surface area (Å²) in [6, 6.07) is 0.867. The van der Waals surface area contributed by atoms with Gasteiger partial charge < -0.3 is 10.6 Å². The molecule has 2 rings (SSSR count). The quantitative estimate of drug-likeness (QED) is 0.862. The van der Waals surface area contributed by atoms with Gasteiger partial charge in [0.15, 0.2) is 0 Å². The lowest BCUT2D eigenvalue weighted by molar-refractivity contribution is 0.0905. The van der Waals surface area contributed by atoms with Crippen molar-refractivity contribution in [3.05, 3.63) is 35.1 Å². The first-order valence-corrected chi connectivity index (χ1v) is 6.15. The molecule has 1 fully saturated rings. The van der Waals surface area contributed by atoms with Crippen molar-refractivity contribution in [3.8, 4) is 0 Å². The number of carbonyl (C=O) groups is 1. The maximum absolute atomic E-state index is 13.5. The molecule has 2 N–H and O–H groups in total. The molecule has 0 radical (unpaired) electrons. The lowest BCUT2D eigenvalue weighted by Gasteiger charge is -2.30. The Labute approximate surface area is 109 Å². The molecular weight excluding hydrogens is 257 g/mol. The van der Waals surface area contributed by atoms with Crippen molar-refractivity contribution < 1.29 is 18.0 Å². The van der Waals surface area contributed by atoms with Gasteiger partial charge in [0.25, 0.3) is 5.91 Å². The number of rotatable bonds is 2. The molecule has 1 heterocycles. The van der Waals surface area contributed by atoms with E-state index in [4.69, 9.17) is 0 Å². The molecular formula is C13H15F3N2O. The van der Waals surface area contributed by atoms with Gasteiger partial charge in [-0.3, -0.25) is 4.79 Å². The number of benzene rings is 1. The van der Waals surface area contributed by atoms with Crippen LogP contribution in [0.4, 0.5) is 13.2 Å². The molecule has 1 aromatic carbocycles. The van der Waals surface area contributed by atoms with Crippen LogP contribution in [0.3, 0.4) is 0 Å². The van der Waals surface area contributed by atoms with Crippen LogP contribution in [-0.2, 0) is 0 Å². The van der Waals surface area contributed by atoms with Gasteiger partial charge in [-0.15, -0.1) is 0 Å². The largest absolute Gasteiger partial charge is 0.349 e. The zero-order valence-corrected chi connectivity index (χ0v) is 10.5. The van der Waals surface area contributed by atoms with E-state index >= 15 is 0 Å². The fourth-order valence-corrected chi connectivity index (χ4v) is 2.23. The number of piperidine rings is 1. The van der Waals surface area contributed by atoms with Crippen LogP contribution in [0.25, 0.3) is 0 Å². The van der Waals surface area contributed by atoms with Crippen molar-refractivity contribution in [1.82, 2.24) is 10.6 Å². The topological polar surface area (TPSA) is 41.1 Å². The van der Waals surface area contributed by atoms with Gasteiger partial charge in [-0.25, -0.2) is 13.2 Å². The van der Waals surface area contributed by atoms with Crippen LogP contribution in [0.5, 0.6) is 0 Å². The van der Waals surface area contributed by atoms with Gasteiger partial charge in [-0.2, -0.15) is 0 Å².